The Morgan fingerprint density at radius 2 is 2.05 bits per heavy atom. The van der Waals surface area contributed by atoms with Crippen molar-refractivity contribution in [1.82, 2.24) is 15.1 Å². The van der Waals surface area contributed by atoms with E-state index in [4.69, 9.17) is 11.6 Å². The third-order valence-corrected chi connectivity index (χ3v) is 3.79. The highest BCUT2D eigenvalue weighted by Crippen LogP contribution is 2.30. The first kappa shape index (κ1) is 14.7. The predicted molar refractivity (Wildman–Crippen MR) is 77.1 cm³/mol. The molecule has 0 saturated carbocycles. The van der Waals surface area contributed by atoms with Crippen molar-refractivity contribution in [3.8, 4) is 0 Å². The number of hydrogen-bond donors (Lipinski definition) is 1. The van der Waals surface area contributed by atoms with Gasteiger partial charge in [0.05, 0.1) is 6.04 Å². The molecule has 5 heteroatoms. The van der Waals surface area contributed by atoms with Crippen LogP contribution in [0.25, 0.3) is 0 Å². The molecule has 0 bridgehead atoms. The topological polar surface area (TPSA) is 18.5 Å². The maximum absolute atomic E-state index is 14.2. The van der Waals surface area contributed by atoms with Crippen molar-refractivity contribution >= 4 is 11.6 Å². The van der Waals surface area contributed by atoms with Gasteiger partial charge in [-0.15, -0.1) is 0 Å². The highest BCUT2D eigenvalue weighted by molar-refractivity contribution is 6.31. The molecule has 1 aliphatic heterocycles. The molecule has 2 rings (SSSR count). The summed E-state index contributed by atoms with van der Waals surface area (Å²) in [6.45, 7) is 4.49. The number of nitrogens with zero attached hydrogens (tertiary/aromatic N) is 2. The van der Waals surface area contributed by atoms with Crippen LogP contribution >= 0.6 is 11.6 Å². The van der Waals surface area contributed by atoms with E-state index in [9.17, 15) is 4.39 Å². The molecule has 1 fully saturated rings. The van der Waals surface area contributed by atoms with Gasteiger partial charge in [0.15, 0.2) is 0 Å². The first-order valence-corrected chi connectivity index (χ1v) is 7.01. The molecule has 0 spiro atoms. The lowest BCUT2D eigenvalue weighted by Crippen LogP contribution is -2.47. The van der Waals surface area contributed by atoms with E-state index >= 15 is 0 Å². The molecule has 1 aromatic carbocycles. The Kier molecular flexibility index (Phi) is 5.16. The first-order valence-electron chi connectivity index (χ1n) is 6.63. The molecule has 1 saturated heterocycles. The maximum atomic E-state index is 14.2. The van der Waals surface area contributed by atoms with Crippen molar-refractivity contribution in [2.24, 2.45) is 0 Å². The molecule has 1 N–H and O–H groups in total. The van der Waals surface area contributed by atoms with Crippen molar-refractivity contribution in [3.63, 3.8) is 0 Å². The van der Waals surface area contributed by atoms with Gasteiger partial charge < -0.3 is 10.2 Å². The number of piperazine rings is 1. The molecule has 1 aliphatic rings. The summed E-state index contributed by atoms with van der Waals surface area (Å²) in [4.78, 5) is 4.39. The molecule has 3 nitrogen and oxygen atoms in total. The molecule has 106 valence electrons. The van der Waals surface area contributed by atoms with Gasteiger partial charge in [-0.1, -0.05) is 17.7 Å². The normalized spacial score (nSPS) is 18.8. The van der Waals surface area contributed by atoms with Gasteiger partial charge in [-0.25, -0.2) is 4.39 Å². The molecule has 0 aliphatic carbocycles. The van der Waals surface area contributed by atoms with E-state index in [1.165, 1.54) is 6.07 Å². The summed E-state index contributed by atoms with van der Waals surface area (Å²) in [7, 11) is 4.01. The second kappa shape index (κ2) is 6.66. The molecule has 0 radical (unpaired) electrons. The largest absolute Gasteiger partial charge is 0.314 e. The summed E-state index contributed by atoms with van der Waals surface area (Å²) in [5, 5.41) is 3.84. The summed E-state index contributed by atoms with van der Waals surface area (Å²) in [6, 6.07) is 4.92. The summed E-state index contributed by atoms with van der Waals surface area (Å²) in [5.41, 5.74) is 0.625. The Balaban J connectivity index is 2.30. The smallest absolute Gasteiger partial charge is 0.129 e. The van der Waals surface area contributed by atoms with Crippen LogP contribution < -0.4 is 5.32 Å². The molecular weight excluding hydrogens is 265 g/mol. The van der Waals surface area contributed by atoms with Crippen LogP contribution in [0.1, 0.15) is 11.6 Å². The van der Waals surface area contributed by atoms with Crippen LogP contribution in [0.4, 0.5) is 4.39 Å². The minimum absolute atomic E-state index is 0.00537. The lowest BCUT2D eigenvalue weighted by Gasteiger charge is -2.37. The van der Waals surface area contributed by atoms with Gasteiger partial charge in [0.1, 0.15) is 5.82 Å². The second-order valence-electron chi connectivity index (χ2n) is 5.20. The third-order valence-electron chi connectivity index (χ3n) is 3.46. The fourth-order valence-electron chi connectivity index (χ4n) is 2.56. The van der Waals surface area contributed by atoms with Gasteiger partial charge in [-0.2, -0.15) is 0 Å². The van der Waals surface area contributed by atoms with Crippen molar-refractivity contribution in [3.05, 3.63) is 34.6 Å². The van der Waals surface area contributed by atoms with Crippen LogP contribution in [-0.2, 0) is 0 Å². The van der Waals surface area contributed by atoms with E-state index in [2.05, 4.69) is 15.1 Å². The Labute approximate surface area is 119 Å². The van der Waals surface area contributed by atoms with E-state index in [-0.39, 0.29) is 11.9 Å². The molecular formula is C14H21ClFN3. The molecule has 1 aromatic rings. The SMILES string of the molecule is CN(C)CC(c1c(F)cccc1Cl)N1CCNCC1. The van der Waals surface area contributed by atoms with Gasteiger partial charge in [-0.3, -0.25) is 4.90 Å². The summed E-state index contributed by atoms with van der Waals surface area (Å²) < 4.78 is 14.2. The number of benzene rings is 1. The van der Waals surface area contributed by atoms with Crippen LogP contribution in [0.3, 0.4) is 0 Å². The van der Waals surface area contributed by atoms with E-state index in [1.807, 2.05) is 14.1 Å². The molecule has 1 atom stereocenters. The standard InChI is InChI=1S/C14H21ClFN3/c1-18(2)10-13(19-8-6-17-7-9-19)14-11(15)4-3-5-12(14)16/h3-5,13,17H,6-10H2,1-2H3. The number of likely N-dealkylation sites (N-methyl/N-ethyl adjacent to an activating group) is 1. The van der Waals surface area contributed by atoms with Gasteiger partial charge >= 0.3 is 0 Å². The van der Waals surface area contributed by atoms with Crippen molar-refractivity contribution in [1.29, 1.82) is 0 Å². The number of nitrogens with one attached hydrogen (secondary N) is 1. The average molecular weight is 286 g/mol. The van der Waals surface area contributed by atoms with Crippen LogP contribution in [-0.4, -0.2) is 56.6 Å². The Hall–Kier alpha value is -0.680. The fraction of sp³-hybridized carbons (Fsp3) is 0.571. The molecule has 0 amide bonds. The lowest BCUT2D eigenvalue weighted by atomic mass is 10.0. The zero-order chi connectivity index (χ0) is 13.8. The summed E-state index contributed by atoms with van der Waals surface area (Å²) in [6.07, 6.45) is 0. The number of hydrogen-bond acceptors (Lipinski definition) is 3. The quantitative estimate of drug-likeness (QED) is 0.913. The molecule has 1 heterocycles. The Bertz CT molecular complexity index is 399. The fourth-order valence-corrected chi connectivity index (χ4v) is 2.85. The van der Waals surface area contributed by atoms with Crippen molar-refractivity contribution < 1.29 is 4.39 Å². The average Bonchev–Trinajstić information content (AvgIpc) is 2.38. The zero-order valence-electron chi connectivity index (χ0n) is 11.5. The number of rotatable bonds is 4. The van der Waals surface area contributed by atoms with Crippen LogP contribution in [0.2, 0.25) is 5.02 Å². The van der Waals surface area contributed by atoms with Crippen molar-refractivity contribution in [2.75, 3.05) is 46.8 Å². The van der Waals surface area contributed by atoms with Crippen LogP contribution in [0.15, 0.2) is 18.2 Å². The molecule has 19 heavy (non-hydrogen) atoms. The highest BCUT2D eigenvalue weighted by atomic mass is 35.5. The summed E-state index contributed by atoms with van der Waals surface area (Å²) >= 11 is 6.23. The highest BCUT2D eigenvalue weighted by Gasteiger charge is 2.26. The first-order chi connectivity index (χ1) is 9.09. The van der Waals surface area contributed by atoms with Gasteiger partial charge in [0, 0.05) is 43.3 Å². The lowest BCUT2D eigenvalue weighted by molar-refractivity contribution is 0.142. The van der Waals surface area contributed by atoms with E-state index in [0.717, 1.165) is 32.7 Å². The van der Waals surface area contributed by atoms with E-state index < -0.39 is 0 Å². The Morgan fingerprint density at radius 3 is 2.63 bits per heavy atom. The second-order valence-corrected chi connectivity index (χ2v) is 5.61. The van der Waals surface area contributed by atoms with Crippen LogP contribution in [0, 0.1) is 5.82 Å². The maximum Gasteiger partial charge on any atom is 0.129 e. The van der Waals surface area contributed by atoms with Gasteiger partial charge in [-0.05, 0) is 26.2 Å². The summed E-state index contributed by atoms with van der Waals surface area (Å²) in [5.74, 6) is -0.210. The third kappa shape index (κ3) is 3.66. The molecule has 1 unspecified atom stereocenters. The monoisotopic (exact) mass is 285 g/mol. The number of halogens is 2. The van der Waals surface area contributed by atoms with E-state index in [0.29, 0.717) is 10.6 Å². The molecule has 0 aromatic heterocycles. The van der Waals surface area contributed by atoms with Gasteiger partial charge in [0.2, 0.25) is 0 Å². The van der Waals surface area contributed by atoms with Gasteiger partial charge in [0.25, 0.3) is 0 Å². The van der Waals surface area contributed by atoms with Crippen LogP contribution in [0.5, 0.6) is 0 Å². The van der Waals surface area contributed by atoms with Crippen molar-refractivity contribution in [2.45, 2.75) is 6.04 Å². The minimum Gasteiger partial charge on any atom is -0.314 e. The van der Waals surface area contributed by atoms with E-state index in [1.54, 1.807) is 12.1 Å². The Morgan fingerprint density at radius 1 is 1.37 bits per heavy atom. The zero-order valence-corrected chi connectivity index (χ0v) is 12.3. The minimum atomic E-state index is -0.210. The predicted octanol–water partition coefficient (Wildman–Crippen LogP) is 1.99.